The normalized spacial score (nSPS) is 20.6. The first-order valence-electron chi connectivity index (χ1n) is 7.40. The van der Waals surface area contributed by atoms with Crippen LogP contribution in [0.2, 0.25) is 0 Å². The van der Waals surface area contributed by atoms with Crippen molar-refractivity contribution in [2.24, 2.45) is 0 Å². The lowest BCUT2D eigenvalue weighted by atomic mass is 10.2. The number of hydrogen-bond donors (Lipinski definition) is 1. The molecule has 1 fully saturated rings. The maximum atomic E-state index is 12.7. The Hall–Kier alpha value is -1.30. The number of amides is 2. The smallest absolute Gasteiger partial charge is 0.328 e. The largest absolute Gasteiger partial charge is 0.480 e. The maximum absolute atomic E-state index is 12.7. The van der Waals surface area contributed by atoms with Crippen LogP contribution in [0.15, 0.2) is 0 Å². The van der Waals surface area contributed by atoms with Crippen LogP contribution in [0.25, 0.3) is 0 Å². The molecular formula is C14H26N2O4. The number of hydrogen-bond acceptors (Lipinski definition) is 3. The Kier molecular flexibility index (Phi) is 6.78. The molecule has 1 N–H and O–H groups in total. The summed E-state index contributed by atoms with van der Waals surface area (Å²) in [4.78, 5) is 27.1. The molecule has 1 heterocycles. The first kappa shape index (κ1) is 16.8. The van der Waals surface area contributed by atoms with Crippen LogP contribution in [-0.4, -0.2) is 65.3 Å². The zero-order valence-corrected chi connectivity index (χ0v) is 12.7. The van der Waals surface area contributed by atoms with Gasteiger partial charge in [-0.3, -0.25) is 0 Å². The second kappa shape index (κ2) is 8.09. The van der Waals surface area contributed by atoms with Crippen LogP contribution in [0.4, 0.5) is 4.79 Å². The summed E-state index contributed by atoms with van der Waals surface area (Å²) in [6, 6.07) is -0.931. The molecule has 1 rings (SSSR count). The van der Waals surface area contributed by atoms with E-state index in [9.17, 15) is 14.7 Å². The third kappa shape index (κ3) is 4.10. The van der Waals surface area contributed by atoms with Crippen molar-refractivity contribution in [1.29, 1.82) is 0 Å². The van der Waals surface area contributed by atoms with Crippen LogP contribution in [0, 0.1) is 0 Å². The maximum Gasteiger partial charge on any atom is 0.328 e. The van der Waals surface area contributed by atoms with Crippen LogP contribution >= 0.6 is 0 Å². The number of nitrogens with zero attached hydrogens (tertiary/aromatic N) is 2. The highest BCUT2D eigenvalue weighted by atomic mass is 16.5. The minimum atomic E-state index is -1.00. The van der Waals surface area contributed by atoms with Crippen molar-refractivity contribution < 1.29 is 19.4 Å². The molecule has 116 valence electrons. The molecule has 1 aliphatic heterocycles. The summed E-state index contributed by atoms with van der Waals surface area (Å²) in [5.41, 5.74) is 0. The summed E-state index contributed by atoms with van der Waals surface area (Å²) >= 11 is 0. The molecule has 0 aliphatic carbocycles. The van der Waals surface area contributed by atoms with Crippen molar-refractivity contribution in [3.05, 3.63) is 0 Å². The van der Waals surface area contributed by atoms with E-state index in [-0.39, 0.29) is 18.7 Å². The van der Waals surface area contributed by atoms with Gasteiger partial charge in [-0.15, -0.1) is 0 Å². The van der Waals surface area contributed by atoms with E-state index in [4.69, 9.17) is 4.74 Å². The van der Waals surface area contributed by atoms with E-state index in [2.05, 4.69) is 6.92 Å². The lowest BCUT2D eigenvalue weighted by Crippen LogP contribution is -2.58. The summed E-state index contributed by atoms with van der Waals surface area (Å²) in [6.07, 6.45) is 2.79. The van der Waals surface area contributed by atoms with Crippen molar-refractivity contribution in [3.8, 4) is 0 Å². The highest BCUT2D eigenvalue weighted by Gasteiger charge is 2.35. The number of urea groups is 1. The number of carbonyl (C=O) groups excluding carboxylic acids is 1. The quantitative estimate of drug-likeness (QED) is 0.808. The Morgan fingerprint density at radius 1 is 1.45 bits per heavy atom. The Morgan fingerprint density at radius 3 is 2.70 bits per heavy atom. The van der Waals surface area contributed by atoms with E-state index >= 15 is 0 Å². The second-order valence-corrected chi connectivity index (χ2v) is 5.21. The minimum Gasteiger partial charge on any atom is -0.480 e. The zero-order chi connectivity index (χ0) is 15.1. The van der Waals surface area contributed by atoms with Gasteiger partial charge in [-0.1, -0.05) is 20.3 Å². The van der Waals surface area contributed by atoms with Gasteiger partial charge in [0.25, 0.3) is 0 Å². The average Bonchev–Trinajstić information content (AvgIpc) is 2.46. The van der Waals surface area contributed by atoms with Gasteiger partial charge in [-0.25, -0.2) is 9.59 Å². The molecule has 6 heteroatoms. The molecule has 2 unspecified atom stereocenters. The Bertz CT molecular complexity index is 335. The van der Waals surface area contributed by atoms with E-state index in [1.54, 1.807) is 4.90 Å². The summed E-state index contributed by atoms with van der Waals surface area (Å²) in [7, 11) is 0. The van der Waals surface area contributed by atoms with Gasteiger partial charge in [0.2, 0.25) is 0 Å². The Labute approximate surface area is 120 Å². The predicted molar refractivity (Wildman–Crippen MR) is 75.7 cm³/mol. The van der Waals surface area contributed by atoms with E-state index < -0.39 is 12.0 Å². The van der Waals surface area contributed by atoms with Crippen molar-refractivity contribution >= 4 is 12.0 Å². The molecule has 1 aliphatic rings. The number of carbonyl (C=O) groups is 2. The van der Waals surface area contributed by atoms with E-state index in [0.29, 0.717) is 19.7 Å². The molecule has 0 spiro atoms. The molecule has 2 atom stereocenters. The van der Waals surface area contributed by atoms with Crippen LogP contribution in [0.1, 0.15) is 40.0 Å². The number of morpholine rings is 1. The van der Waals surface area contributed by atoms with Gasteiger partial charge in [0.05, 0.1) is 13.2 Å². The predicted octanol–water partition coefficient (Wildman–Crippen LogP) is 1.79. The summed E-state index contributed by atoms with van der Waals surface area (Å²) < 4.78 is 5.18. The fraction of sp³-hybridized carbons (Fsp3) is 0.857. The standard InChI is InChI=1S/C14H26N2O4/c1-4-6-7-15(11(3)5-2)14(19)16-8-9-20-10-12(16)13(17)18/h11-12H,4-10H2,1-3H3,(H,17,18). The monoisotopic (exact) mass is 286 g/mol. The highest BCUT2D eigenvalue weighted by molar-refractivity contribution is 5.83. The molecule has 0 aromatic heterocycles. The van der Waals surface area contributed by atoms with Crippen LogP contribution < -0.4 is 0 Å². The van der Waals surface area contributed by atoms with Gasteiger partial charge in [0, 0.05) is 19.1 Å². The van der Waals surface area contributed by atoms with E-state index in [1.807, 2.05) is 13.8 Å². The number of rotatable bonds is 6. The van der Waals surface area contributed by atoms with Crippen LogP contribution in [0.3, 0.4) is 0 Å². The molecule has 0 aromatic carbocycles. The molecule has 6 nitrogen and oxygen atoms in total. The fourth-order valence-corrected chi connectivity index (χ4v) is 2.26. The van der Waals surface area contributed by atoms with Gasteiger partial charge >= 0.3 is 12.0 Å². The van der Waals surface area contributed by atoms with Crippen molar-refractivity contribution in [2.75, 3.05) is 26.3 Å². The second-order valence-electron chi connectivity index (χ2n) is 5.21. The number of aliphatic carboxylic acids is 1. The molecule has 0 saturated carbocycles. The fourth-order valence-electron chi connectivity index (χ4n) is 2.26. The topological polar surface area (TPSA) is 70.1 Å². The van der Waals surface area contributed by atoms with Gasteiger partial charge in [0.15, 0.2) is 6.04 Å². The lowest BCUT2D eigenvalue weighted by Gasteiger charge is -2.39. The third-order valence-electron chi connectivity index (χ3n) is 3.78. The molecule has 2 amide bonds. The summed E-state index contributed by atoms with van der Waals surface area (Å²) in [5.74, 6) is -1.00. The molecule has 1 saturated heterocycles. The number of carboxylic acids is 1. The first-order chi connectivity index (χ1) is 9.52. The average molecular weight is 286 g/mol. The SMILES string of the molecule is CCCCN(C(=O)N1CCOCC1C(=O)O)C(C)CC. The van der Waals surface area contributed by atoms with Gasteiger partial charge in [-0.05, 0) is 19.8 Å². The minimum absolute atomic E-state index is 0.0726. The molecule has 20 heavy (non-hydrogen) atoms. The molecule has 0 bridgehead atoms. The summed E-state index contributed by atoms with van der Waals surface area (Å²) in [5, 5.41) is 9.22. The van der Waals surface area contributed by atoms with Crippen LogP contribution in [0.5, 0.6) is 0 Å². The van der Waals surface area contributed by atoms with E-state index in [1.165, 1.54) is 4.90 Å². The zero-order valence-electron chi connectivity index (χ0n) is 12.7. The molecular weight excluding hydrogens is 260 g/mol. The van der Waals surface area contributed by atoms with Crippen molar-refractivity contribution in [3.63, 3.8) is 0 Å². The number of carboxylic acid groups (broad SMARTS) is 1. The lowest BCUT2D eigenvalue weighted by molar-refractivity contribution is -0.147. The van der Waals surface area contributed by atoms with Gasteiger partial charge < -0.3 is 19.6 Å². The summed E-state index contributed by atoms with van der Waals surface area (Å²) in [6.45, 7) is 7.60. The number of unbranched alkanes of at least 4 members (excludes halogenated alkanes) is 1. The highest BCUT2D eigenvalue weighted by Crippen LogP contribution is 2.15. The van der Waals surface area contributed by atoms with Crippen molar-refractivity contribution in [2.45, 2.75) is 52.1 Å². The third-order valence-corrected chi connectivity index (χ3v) is 3.78. The Morgan fingerprint density at radius 2 is 2.15 bits per heavy atom. The number of ether oxygens (including phenoxy) is 1. The Balaban J connectivity index is 2.82. The van der Waals surface area contributed by atoms with Gasteiger partial charge in [-0.2, -0.15) is 0 Å². The van der Waals surface area contributed by atoms with E-state index in [0.717, 1.165) is 19.3 Å². The molecule has 0 radical (unpaired) electrons. The molecule has 0 aromatic rings. The first-order valence-corrected chi connectivity index (χ1v) is 7.40. The van der Waals surface area contributed by atoms with Crippen LogP contribution in [-0.2, 0) is 9.53 Å². The van der Waals surface area contributed by atoms with Crippen molar-refractivity contribution in [1.82, 2.24) is 9.80 Å². The van der Waals surface area contributed by atoms with Gasteiger partial charge in [0.1, 0.15) is 0 Å².